The zero-order chi connectivity index (χ0) is 11.5. The molecule has 1 heterocycles. The minimum atomic E-state index is -1.50. The van der Waals surface area contributed by atoms with Crippen LogP contribution in [0.5, 0.6) is 0 Å². The summed E-state index contributed by atoms with van der Waals surface area (Å²) in [6, 6.07) is 0. The SMILES string of the molecule is CC(=O)NC([NH+]1CCOCC1)C(Cl)(Cl)Cl. The zero-order valence-electron chi connectivity index (χ0n) is 8.36. The topological polar surface area (TPSA) is 42.8 Å². The van der Waals surface area contributed by atoms with Crippen molar-refractivity contribution in [3.05, 3.63) is 0 Å². The lowest BCUT2D eigenvalue weighted by Crippen LogP contribution is -3.21. The van der Waals surface area contributed by atoms with Crippen LogP contribution in [0.15, 0.2) is 0 Å². The van der Waals surface area contributed by atoms with Crippen molar-refractivity contribution in [1.29, 1.82) is 0 Å². The molecule has 15 heavy (non-hydrogen) atoms. The van der Waals surface area contributed by atoms with Crippen LogP contribution in [0.25, 0.3) is 0 Å². The van der Waals surface area contributed by atoms with Gasteiger partial charge in [-0.05, 0) is 0 Å². The van der Waals surface area contributed by atoms with Gasteiger partial charge in [0.2, 0.25) is 12.1 Å². The number of nitrogens with one attached hydrogen (secondary N) is 2. The van der Waals surface area contributed by atoms with Gasteiger partial charge in [0.25, 0.3) is 3.79 Å². The van der Waals surface area contributed by atoms with E-state index in [1.54, 1.807) is 0 Å². The number of rotatable bonds is 2. The van der Waals surface area contributed by atoms with Crippen molar-refractivity contribution < 1.29 is 14.4 Å². The molecule has 7 heteroatoms. The Bertz CT molecular complexity index is 226. The maximum atomic E-state index is 11.0. The van der Waals surface area contributed by atoms with E-state index in [2.05, 4.69) is 5.32 Å². The largest absolute Gasteiger partial charge is 0.370 e. The molecule has 1 aliphatic heterocycles. The highest BCUT2D eigenvalue weighted by molar-refractivity contribution is 6.68. The van der Waals surface area contributed by atoms with Gasteiger partial charge in [-0.2, -0.15) is 0 Å². The molecule has 1 amide bonds. The lowest BCUT2D eigenvalue weighted by molar-refractivity contribution is -0.934. The Balaban J connectivity index is 2.66. The molecule has 0 aromatic rings. The Hall–Kier alpha value is 0.260. The van der Waals surface area contributed by atoms with Crippen molar-refractivity contribution >= 4 is 40.7 Å². The average Bonchev–Trinajstić information content (AvgIpc) is 2.14. The Morgan fingerprint density at radius 2 is 1.93 bits per heavy atom. The summed E-state index contributed by atoms with van der Waals surface area (Å²) >= 11 is 17.5. The Morgan fingerprint density at radius 3 is 2.33 bits per heavy atom. The van der Waals surface area contributed by atoms with Crippen LogP contribution in [0.4, 0.5) is 0 Å². The third-order valence-corrected chi connectivity index (χ3v) is 2.87. The second-order valence-electron chi connectivity index (χ2n) is 3.45. The number of carbonyl (C=O) groups excluding carboxylic acids is 1. The van der Waals surface area contributed by atoms with Crippen molar-refractivity contribution in [2.45, 2.75) is 16.9 Å². The van der Waals surface area contributed by atoms with Crippen molar-refractivity contribution in [2.75, 3.05) is 26.3 Å². The molecule has 0 saturated carbocycles. The molecule has 0 aromatic heterocycles. The first kappa shape index (κ1) is 13.3. The van der Waals surface area contributed by atoms with Gasteiger partial charge in [-0.1, -0.05) is 34.8 Å². The predicted octanol–water partition coefficient (Wildman–Crippen LogP) is -0.266. The van der Waals surface area contributed by atoms with E-state index in [0.717, 1.165) is 18.0 Å². The fraction of sp³-hybridized carbons (Fsp3) is 0.875. The molecule has 0 bridgehead atoms. The highest BCUT2D eigenvalue weighted by Gasteiger charge is 2.42. The maximum absolute atomic E-state index is 11.0. The molecular formula is C8H14Cl3N2O2+. The molecule has 0 aliphatic carbocycles. The number of hydrogen-bond acceptors (Lipinski definition) is 2. The van der Waals surface area contributed by atoms with Gasteiger partial charge < -0.3 is 15.0 Å². The van der Waals surface area contributed by atoms with Crippen LogP contribution in [-0.2, 0) is 9.53 Å². The Labute approximate surface area is 104 Å². The van der Waals surface area contributed by atoms with Crippen LogP contribution < -0.4 is 10.2 Å². The lowest BCUT2D eigenvalue weighted by Gasteiger charge is -2.34. The van der Waals surface area contributed by atoms with Crippen molar-refractivity contribution in [3.63, 3.8) is 0 Å². The molecule has 88 valence electrons. The van der Waals surface area contributed by atoms with Gasteiger partial charge in [-0.15, -0.1) is 0 Å². The van der Waals surface area contributed by atoms with E-state index in [0.29, 0.717) is 13.2 Å². The van der Waals surface area contributed by atoms with E-state index in [9.17, 15) is 4.79 Å². The van der Waals surface area contributed by atoms with E-state index in [1.165, 1.54) is 6.92 Å². The third kappa shape index (κ3) is 4.33. The molecule has 1 fully saturated rings. The molecule has 0 aromatic carbocycles. The maximum Gasteiger partial charge on any atom is 0.262 e. The first-order valence-corrected chi connectivity index (χ1v) is 5.81. The first-order chi connectivity index (χ1) is 6.91. The zero-order valence-corrected chi connectivity index (χ0v) is 10.6. The highest BCUT2D eigenvalue weighted by Crippen LogP contribution is 2.27. The van der Waals surface area contributed by atoms with Crippen molar-refractivity contribution in [3.8, 4) is 0 Å². The fourth-order valence-corrected chi connectivity index (χ4v) is 2.17. The van der Waals surface area contributed by atoms with E-state index >= 15 is 0 Å². The number of hydrogen-bond donors (Lipinski definition) is 2. The molecular weight excluding hydrogens is 262 g/mol. The molecule has 1 aliphatic rings. The van der Waals surface area contributed by atoms with Crippen LogP contribution in [0.2, 0.25) is 0 Å². The highest BCUT2D eigenvalue weighted by atomic mass is 35.6. The molecule has 0 radical (unpaired) electrons. The van der Waals surface area contributed by atoms with Gasteiger partial charge in [-0.25, -0.2) is 0 Å². The second-order valence-corrected chi connectivity index (χ2v) is 5.81. The molecule has 1 rings (SSSR count). The number of quaternary nitrogens is 1. The van der Waals surface area contributed by atoms with Crippen LogP contribution >= 0.6 is 34.8 Å². The van der Waals surface area contributed by atoms with Crippen molar-refractivity contribution in [1.82, 2.24) is 5.32 Å². The molecule has 0 spiro atoms. The van der Waals surface area contributed by atoms with Crippen LogP contribution in [0.1, 0.15) is 6.92 Å². The van der Waals surface area contributed by atoms with Gasteiger partial charge in [0.15, 0.2) is 0 Å². The van der Waals surface area contributed by atoms with Crippen molar-refractivity contribution in [2.24, 2.45) is 0 Å². The summed E-state index contributed by atoms with van der Waals surface area (Å²) in [5.41, 5.74) is 0. The number of alkyl halides is 3. The predicted molar refractivity (Wildman–Crippen MR) is 59.4 cm³/mol. The fourth-order valence-electron chi connectivity index (χ4n) is 1.54. The number of amides is 1. The number of morpholine rings is 1. The molecule has 2 N–H and O–H groups in total. The number of carbonyl (C=O) groups is 1. The molecule has 4 nitrogen and oxygen atoms in total. The van der Waals surface area contributed by atoms with Crippen LogP contribution in [0, 0.1) is 0 Å². The van der Waals surface area contributed by atoms with Gasteiger partial charge in [0.05, 0.1) is 13.2 Å². The van der Waals surface area contributed by atoms with Gasteiger partial charge in [-0.3, -0.25) is 4.79 Å². The van der Waals surface area contributed by atoms with E-state index in [1.807, 2.05) is 0 Å². The van der Waals surface area contributed by atoms with E-state index in [4.69, 9.17) is 39.5 Å². The minimum absolute atomic E-state index is 0.203. The molecule has 1 atom stereocenters. The van der Waals surface area contributed by atoms with Gasteiger partial charge in [0, 0.05) is 6.92 Å². The normalized spacial score (nSPS) is 21.1. The van der Waals surface area contributed by atoms with Crippen LogP contribution in [-0.4, -0.2) is 42.2 Å². The summed E-state index contributed by atoms with van der Waals surface area (Å²) in [5, 5.41) is 2.66. The third-order valence-electron chi connectivity index (χ3n) is 2.22. The van der Waals surface area contributed by atoms with Crippen LogP contribution in [0.3, 0.4) is 0 Å². The smallest absolute Gasteiger partial charge is 0.262 e. The Kier molecular flexibility index (Phi) is 4.93. The van der Waals surface area contributed by atoms with E-state index < -0.39 is 9.96 Å². The first-order valence-electron chi connectivity index (χ1n) is 4.67. The summed E-state index contributed by atoms with van der Waals surface area (Å²) in [4.78, 5) is 12.0. The lowest BCUT2D eigenvalue weighted by atomic mass is 10.3. The monoisotopic (exact) mass is 275 g/mol. The molecule has 1 unspecified atom stereocenters. The number of ether oxygens (including phenoxy) is 1. The summed E-state index contributed by atoms with van der Waals surface area (Å²) < 4.78 is 3.70. The molecule has 1 saturated heterocycles. The minimum Gasteiger partial charge on any atom is -0.370 e. The quantitative estimate of drug-likeness (QED) is 0.682. The average molecular weight is 277 g/mol. The standard InChI is InChI=1S/C8H13Cl3N2O2/c1-6(14)12-7(8(9,10)11)13-2-4-15-5-3-13/h7H,2-5H2,1H3,(H,12,14)/p+1. The summed E-state index contributed by atoms with van der Waals surface area (Å²) in [5.74, 6) is -0.203. The number of halogens is 3. The summed E-state index contributed by atoms with van der Waals surface area (Å²) in [6.07, 6.45) is -0.524. The summed E-state index contributed by atoms with van der Waals surface area (Å²) in [6.45, 7) is 4.08. The van der Waals surface area contributed by atoms with Gasteiger partial charge in [0.1, 0.15) is 13.1 Å². The summed E-state index contributed by atoms with van der Waals surface area (Å²) in [7, 11) is 0. The Morgan fingerprint density at radius 1 is 1.40 bits per heavy atom. The van der Waals surface area contributed by atoms with E-state index in [-0.39, 0.29) is 5.91 Å². The second kappa shape index (κ2) is 5.55. The van der Waals surface area contributed by atoms with Gasteiger partial charge >= 0.3 is 0 Å².